The highest BCUT2D eigenvalue weighted by Gasteiger charge is 2.13. The normalized spacial score (nSPS) is 12.1. The van der Waals surface area contributed by atoms with Gasteiger partial charge in [-0.25, -0.2) is 0 Å². The predicted octanol–water partition coefficient (Wildman–Crippen LogP) is 0.477. The molecule has 0 saturated heterocycles. The topological polar surface area (TPSA) is 75.9 Å². The lowest BCUT2D eigenvalue weighted by Gasteiger charge is -1.94. The summed E-state index contributed by atoms with van der Waals surface area (Å²) in [4.78, 5) is 29.4. The van der Waals surface area contributed by atoms with Crippen molar-refractivity contribution in [1.82, 2.24) is 0 Å². The third-order valence-corrected chi connectivity index (χ3v) is 0.844. The number of carbonyl (C=O) groups is 1. The van der Waals surface area contributed by atoms with Crippen LogP contribution in [-0.2, 0) is 4.79 Å². The molecule has 0 heterocycles. The Kier molecular flexibility index (Phi) is 3.34. The van der Waals surface area contributed by atoms with Gasteiger partial charge in [0.05, 0.1) is 0 Å². The molecule has 0 rings (SSSR count). The molecule has 50 valence electrons. The molecule has 0 aromatic heterocycles. The average Bonchev–Trinajstić information content (AvgIpc) is 1.82. The minimum absolute atomic E-state index is 0.348. The molecule has 5 nitrogen and oxygen atoms in total. The Balaban J connectivity index is 3.81. The summed E-state index contributed by atoms with van der Waals surface area (Å²) in [6.07, 6.45) is 0. The second kappa shape index (κ2) is 3.82. The van der Waals surface area contributed by atoms with Crippen LogP contribution in [-0.4, -0.2) is 18.4 Å². The van der Waals surface area contributed by atoms with Gasteiger partial charge in [0.2, 0.25) is 0 Å². The number of hydrogen-bond donors (Lipinski definition) is 0. The van der Waals surface area contributed by atoms with Gasteiger partial charge in [0, 0.05) is 0 Å². The molecule has 0 saturated carbocycles. The van der Waals surface area contributed by atoms with E-state index in [2.05, 4.69) is 10.4 Å². The first-order valence-corrected chi connectivity index (χ1v) is 2.34. The Morgan fingerprint density at radius 2 is 2.11 bits per heavy atom. The van der Waals surface area contributed by atoms with Gasteiger partial charge in [-0.1, -0.05) is 10.4 Å². The minimum atomic E-state index is -1.08. The highest BCUT2D eigenvalue weighted by atomic mass is 16.3. The summed E-state index contributed by atoms with van der Waals surface area (Å²) < 4.78 is 0. The van der Waals surface area contributed by atoms with Gasteiger partial charge in [0.1, 0.15) is 6.54 Å². The van der Waals surface area contributed by atoms with Crippen LogP contribution in [0.2, 0.25) is 0 Å². The first-order valence-electron chi connectivity index (χ1n) is 2.34. The lowest BCUT2D eigenvalue weighted by Crippen LogP contribution is -2.17. The van der Waals surface area contributed by atoms with Crippen LogP contribution in [0.4, 0.5) is 0 Å². The third kappa shape index (κ3) is 2.63. The van der Waals surface area contributed by atoms with Gasteiger partial charge in [-0.05, 0) is 6.92 Å². The predicted molar refractivity (Wildman–Crippen MR) is 30.9 cm³/mol. The molecule has 0 spiro atoms. The van der Waals surface area contributed by atoms with Crippen LogP contribution in [0.25, 0.3) is 0 Å². The number of hydrogen-bond acceptors (Lipinski definition) is 5. The third-order valence-electron chi connectivity index (χ3n) is 0.844. The summed E-state index contributed by atoms with van der Waals surface area (Å²) >= 11 is 0. The molecule has 0 aliphatic rings. The number of nitroso groups, excluding NO2 is 2. The van der Waals surface area contributed by atoms with Crippen molar-refractivity contribution in [2.24, 2.45) is 10.4 Å². The number of rotatable bonds is 4. The molecule has 9 heavy (non-hydrogen) atoms. The first-order chi connectivity index (χ1) is 4.22. The molecule has 1 atom stereocenters. The zero-order valence-corrected chi connectivity index (χ0v) is 4.90. The maximum Gasteiger partial charge on any atom is 0.172 e. The van der Waals surface area contributed by atoms with Crippen LogP contribution in [0, 0.1) is 9.81 Å². The largest absolute Gasteiger partial charge is 0.297 e. The van der Waals surface area contributed by atoms with Crippen LogP contribution in [0.1, 0.15) is 6.92 Å². The van der Waals surface area contributed by atoms with Gasteiger partial charge in [-0.2, -0.15) is 4.91 Å². The van der Waals surface area contributed by atoms with Crippen LogP contribution >= 0.6 is 0 Å². The van der Waals surface area contributed by atoms with E-state index in [0.717, 1.165) is 0 Å². The van der Waals surface area contributed by atoms with Crippen molar-refractivity contribution in [2.75, 3.05) is 6.54 Å². The zero-order chi connectivity index (χ0) is 7.28. The summed E-state index contributed by atoms with van der Waals surface area (Å²) in [6, 6.07) is -1.08. The van der Waals surface area contributed by atoms with Crippen molar-refractivity contribution < 1.29 is 4.79 Å². The molecule has 0 amide bonds. The standard InChI is InChI=1S/C4H6N2O3/c1-3(7)4(6-9)2-5-8/h4H,2H2,1H3. The zero-order valence-electron chi connectivity index (χ0n) is 4.90. The monoisotopic (exact) mass is 130 g/mol. The van der Waals surface area contributed by atoms with Crippen molar-refractivity contribution >= 4 is 5.78 Å². The SMILES string of the molecule is CC(=O)C(CN=O)N=O. The summed E-state index contributed by atoms with van der Waals surface area (Å²) in [5.41, 5.74) is 0. The highest BCUT2D eigenvalue weighted by molar-refractivity contribution is 5.81. The van der Waals surface area contributed by atoms with Crippen LogP contribution in [0.15, 0.2) is 10.4 Å². The molecule has 0 bridgehead atoms. The van der Waals surface area contributed by atoms with Gasteiger partial charge in [0.15, 0.2) is 11.8 Å². The van der Waals surface area contributed by atoms with E-state index < -0.39 is 11.8 Å². The summed E-state index contributed by atoms with van der Waals surface area (Å²) in [6.45, 7) is 0.843. The molecule has 0 N–H and O–H groups in total. The highest BCUT2D eigenvalue weighted by Crippen LogP contribution is 1.91. The molecule has 0 aliphatic carbocycles. The fraction of sp³-hybridized carbons (Fsp3) is 0.750. The molecule has 5 heteroatoms. The van der Waals surface area contributed by atoms with Crippen LogP contribution in [0.5, 0.6) is 0 Å². The fourth-order valence-corrected chi connectivity index (χ4v) is 0.307. The molecular weight excluding hydrogens is 124 g/mol. The Bertz CT molecular complexity index is 134. The smallest absolute Gasteiger partial charge is 0.172 e. The molecular formula is C4H6N2O3. The fourth-order valence-electron chi connectivity index (χ4n) is 0.307. The van der Waals surface area contributed by atoms with E-state index in [1.807, 2.05) is 0 Å². The maximum absolute atomic E-state index is 10.3. The van der Waals surface area contributed by atoms with Crippen molar-refractivity contribution in [2.45, 2.75) is 13.0 Å². The summed E-state index contributed by atoms with van der Waals surface area (Å²) in [5.74, 6) is -0.426. The van der Waals surface area contributed by atoms with Gasteiger partial charge in [-0.15, -0.1) is 4.91 Å². The average molecular weight is 130 g/mol. The second-order valence-corrected chi connectivity index (χ2v) is 1.54. The Hall–Kier alpha value is -1.13. The van der Waals surface area contributed by atoms with Crippen molar-refractivity contribution in [1.29, 1.82) is 0 Å². The Morgan fingerprint density at radius 1 is 1.56 bits per heavy atom. The van der Waals surface area contributed by atoms with Crippen LogP contribution < -0.4 is 0 Å². The van der Waals surface area contributed by atoms with Crippen LogP contribution in [0.3, 0.4) is 0 Å². The maximum atomic E-state index is 10.3. The van der Waals surface area contributed by atoms with E-state index >= 15 is 0 Å². The summed E-state index contributed by atoms with van der Waals surface area (Å²) in [7, 11) is 0. The van der Waals surface area contributed by atoms with Gasteiger partial charge < -0.3 is 0 Å². The van der Waals surface area contributed by atoms with E-state index in [-0.39, 0.29) is 6.54 Å². The van der Waals surface area contributed by atoms with Gasteiger partial charge in [-0.3, -0.25) is 4.79 Å². The minimum Gasteiger partial charge on any atom is -0.297 e. The number of Topliss-reactive ketones (excluding diaryl/α,β-unsaturated/α-hetero) is 1. The second-order valence-electron chi connectivity index (χ2n) is 1.54. The first kappa shape index (κ1) is 7.87. The number of carbonyl (C=O) groups excluding carboxylic acids is 1. The van der Waals surface area contributed by atoms with E-state index in [4.69, 9.17) is 0 Å². The van der Waals surface area contributed by atoms with E-state index in [9.17, 15) is 14.6 Å². The summed E-state index contributed by atoms with van der Waals surface area (Å²) in [5, 5.41) is 4.75. The van der Waals surface area contributed by atoms with Gasteiger partial charge >= 0.3 is 0 Å². The molecule has 0 radical (unpaired) electrons. The number of nitrogens with zero attached hydrogens (tertiary/aromatic N) is 2. The van der Waals surface area contributed by atoms with E-state index in [0.29, 0.717) is 0 Å². The van der Waals surface area contributed by atoms with Gasteiger partial charge in [0.25, 0.3) is 0 Å². The van der Waals surface area contributed by atoms with E-state index in [1.165, 1.54) is 6.92 Å². The number of ketones is 1. The Labute approximate surface area is 51.4 Å². The molecule has 0 aromatic carbocycles. The molecule has 0 fully saturated rings. The van der Waals surface area contributed by atoms with E-state index in [1.54, 1.807) is 0 Å². The lowest BCUT2D eigenvalue weighted by molar-refractivity contribution is -0.117. The molecule has 0 aliphatic heterocycles. The lowest BCUT2D eigenvalue weighted by atomic mass is 10.2. The van der Waals surface area contributed by atoms with Crippen molar-refractivity contribution in [3.8, 4) is 0 Å². The Morgan fingerprint density at radius 3 is 2.22 bits per heavy atom. The molecule has 1 unspecified atom stereocenters. The molecule has 0 aromatic rings. The van der Waals surface area contributed by atoms with Crippen molar-refractivity contribution in [3.05, 3.63) is 9.81 Å². The van der Waals surface area contributed by atoms with Crippen molar-refractivity contribution in [3.63, 3.8) is 0 Å². The quantitative estimate of drug-likeness (QED) is 0.519.